The van der Waals surface area contributed by atoms with Gasteiger partial charge in [0.2, 0.25) is 0 Å². The van der Waals surface area contributed by atoms with Crippen LogP contribution in [0.15, 0.2) is 22.7 Å². The average Bonchev–Trinajstić information content (AvgIpc) is 2.35. The fourth-order valence-corrected chi connectivity index (χ4v) is 2.55. The zero-order valence-corrected chi connectivity index (χ0v) is 11.8. The summed E-state index contributed by atoms with van der Waals surface area (Å²) in [6.45, 7) is 2.24. The molecule has 0 saturated carbocycles. The van der Waals surface area contributed by atoms with E-state index in [2.05, 4.69) is 26.3 Å². The highest BCUT2D eigenvalue weighted by Gasteiger charge is 2.29. The van der Waals surface area contributed by atoms with Crippen LogP contribution in [0.25, 0.3) is 0 Å². The summed E-state index contributed by atoms with van der Waals surface area (Å²) in [5.41, 5.74) is 3.18. The number of halogens is 2. The Balaban J connectivity index is 2.24. The molecular formula is C12H17BrFN3O. The number of rotatable bonds is 3. The smallest absolute Gasteiger partial charge is 0.142 e. The summed E-state index contributed by atoms with van der Waals surface area (Å²) in [7, 11) is 2.01. The molecule has 1 aliphatic heterocycles. The monoisotopic (exact) mass is 317 g/mol. The Morgan fingerprint density at radius 3 is 3.06 bits per heavy atom. The molecule has 100 valence electrons. The Bertz CT molecular complexity index is 418. The number of nitrogens with two attached hydrogens (primary N) is 1. The van der Waals surface area contributed by atoms with Gasteiger partial charge in [0.05, 0.1) is 23.2 Å². The first-order valence-electron chi connectivity index (χ1n) is 5.83. The fraction of sp³-hybridized carbons (Fsp3) is 0.500. The molecule has 1 saturated heterocycles. The van der Waals surface area contributed by atoms with E-state index in [0.29, 0.717) is 16.6 Å². The van der Waals surface area contributed by atoms with Crippen LogP contribution in [0, 0.1) is 5.82 Å². The summed E-state index contributed by atoms with van der Waals surface area (Å²) in [6.07, 6.45) is -0.155. The lowest BCUT2D eigenvalue weighted by molar-refractivity contribution is -0.0398. The molecule has 0 amide bonds. The van der Waals surface area contributed by atoms with Crippen molar-refractivity contribution in [1.29, 1.82) is 0 Å². The maximum atomic E-state index is 14.1. The Labute approximate surface area is 114 Å². The minimum Gasteiger partial charge on any atom is -0.374 e. The third-order valence-corrected chi connectivity index (χ3v) is 3.78. The third kappa shape index (κ3) is 2.89. The second kappa shape index (κ2) is 6.08. The van der Waals surface area contributed by atoms with Gasteiger partial charge in [0.1, 0.15) is 5.82 Å². The number of likely N-dealkylation sites (N-methyl/N-ethyl adjacent to an activating group) is 1. The van der Waals surface area contributed by atoms with E-state index in [4.69, 9.17) is 10.6 Å². The van der Waals surface area contributed by atoms with Gasteiger partial charge in [-0.3, -0.25) is 11.3 Å². The van der Waals surface area contributed by atoms with Gasteiger partial charge in [0, 0.05) is 18.7 Å². The molecule has 0 spiro atoms. The van der Waals surface area contributed by atoms with Crippen molar-refractivity contribution in [3.63, 3.8) is 0 Å². The first kappa shape index (κ1) is 13.9. The molecule has 1 aromatic carbocycles. The molecule has 0 bridgehead atoms. The van der Waals surface area contributed by atoms with Gasteiger partial charge in [-0.1, -0.05) is 12.1 Å². The van der Waals surface area contributed by atoms with Crippen molar-refractivity contribution in [3.05, 3.63) is 34.1 Å². The lowest BCUT2D eigenvalue weighted by Gasteiger charge is -2.35. The van der Waals surface area contributed by atoms with Gasteiger partial charge in [0.15, 0.2) is 0 Å². The summed E-state index contributed by atoms with van der Waals surface area (Å²) in [6, 6.07) is 4.83. The van der Waals surface area contributed by atoms with Crippen LogP contribution >= 0.6 is 15.9 Å². The molecule has 0 aliphatic carbocycles. The van der Waals surface area contributed by atoms with Crippen LogP contribution in [-0.2, 0) is 4.74 Å². The Morgan fingerprint density at radius 2 is 2.39 bits per heavy atom. The predicted octanol–water partition coefficient (Wildman–Crippen LogP) is 1.42. The second-order valence-electron chi connectivity index (χ2n) is 4.46. The molecule has 1 heterocycles. The molecule has 2 atom stereocenters. The molecule has 1 aromatic rings. The van der Waals surface area contributed by atoms with E-state index in [1.54, 1.807) is 18.2 Å². The van der Waals surface area contributed by atoms with Gasteiger partial charge >= 0.3 is 0 Å². The molecule has 1 aliphatic rings. The maximum Gasteiger partial charge on any atom is 0.142 e. The standard InChI is InChI=1S/C12H17BrFN3O/c1-17-5-6-18-10(7-17)12(16-15)8-3-2-4-9(13)11(8)14/h2-4,10,12,16H,5-7,15H2,1H3. The first-order valence-corrected chi connectivity index (χ1v) is 6.63. The van der Waals surface area contributed by atoms with Gasteiger partial charge in [-0.05, 0) is 29.0 Å². The lowest BCUT2D eigenvalue weighted by Crippen LogP contribution is -2.48. The zero-order valence-electron chi connectivity index (χ0n) is 10.2. The summed E-state index contributed by atoms with van der Waals surface area (Å²) in [5, 5.41) is 0. The van der Waals surface area contributed by atoms with E-state index in [9.17, 15) is 4.39 Å². The molecule has 18 heavy (non-hydrogen) atoms. The van der Waals surface area contributed by atoms with E-state index in [-0.39, 0.29) is 18.0 Å². The van der Waals surface area contributed by atoms with E-state index in [1.165, 1.54) is 0 Å². The molecule has 6 heteroatoms. The predicted molar refractivity (Wildman–Crippen MR) is 71.4 cm³/mol. The van der Waals surface area contributed by atoms with Crippen molar-refractivity contribution < 1.29 is 9.13 Å². The van der Waals surface area contributed by atoms with Crippen LogP contribution in [-0.4, -0.2) is 37.7 Å². The molecule has 4 nitrogen and oxygen atoms in total. The fourth-order valence-electron chi connectivity index (χ4n) is 2.17. The van der Waals surface area contributed by atoms with Gasteiger partial charge in [-0.15, -0.1) is 0 Å². The van der Waals surface area contributed by atoms with Crippen LogP contribution in [0.5, 0.6) is 0 Å². The van der Waals surface area contributed by atoms with Crippen molar-refractivity contribution in [2.75, 3.05) is 26.7 Å². The lowest BCUT2D eigenvalue weighted by atomic mass is 10.00. The molecule has 3 N–H and O–H groups in total. The quantitative estimate of drug-likeness (QED) is 0.654. The molecule has 2 rings (SSSR count). The van der Waals surface area contributed by atoms with Crippen LogP contribution < -0.4 is 11.3 Å². The number of nitrogens with zero attached hydrogens (tertiary/aromatic N) is 1. The van der Waals surface area contributed by atoms with Crippen LogP contribution in [0.3, 0.4) is 0 Å². The van der Waals surface area contributed by atoms with Crippen molar-refractivity contribution in [2.45, 2.75) is 12.1 Å². The van der Waals surface area contributed by atoms with Crippen molar-refractivity contribution in [1.82, 2.24) is 10.3 Å². The molecule has 0 aromatic heterocycles. The zero-order chi connectivity index (χ0) is 13.1. The number of morpholine rings is 1. The first-order chi connectivity index (χ1) is 8.63. The van der Waals surface area contributed by atoms with Crippen LogP contribution in [0.2, 0.25) is 0 Å². The number of benzene rings is 1. The highest BCUT2D eigenvalue weighted by molar-refractivity contribution is 9.10. The van der Waals surface area contributed by atoms with Gasteiger partial charge in [-0.25, -0.2) is 4.39 Å². The molecular weight excluding hydrogens is 301 g/mol. The number of hydrazine groups is 1. The molecule has 1 fully saturated rings. The minimum atomic E-state index is -0.356. The van der Waals surface area contributed by atoms with Gasteiger partial charge < -0.3 is 9.64 Å². The van der Waals surface area contributed by atoms with E-state index in [1.807, 2.05) is 7.05 Å². The summed E-state index contributed by atoms with van der Waals surface area (Å²) in [5.74, 6) is 5.28. The number of hydrogen-bond acceptors (Lipinski definition) is 4. The SMILES string of the molecule is CN1CCOC(C(NN)c2cccc(Br)c2F)C1. The van der Waals surface area contributed by atoms with Crippen molar-refractivity contribution in [2.24, 2.45) is 5.84 Å². The minimum absolute atomic E-state index is 0.155. The maximum absolute atomic E-state index is 14.1. The Hall–Kier alpha value is -0.530. The highest BCUT2D eigenvalue weighted by Crippen LogP contribution is 2.27. The summed E-state index contributed by atoms with van der Waals surface area (Å²) >= 11 is 3.18. The average molecular weight is 318 g/mol. The van der Waals surface area contributed by atoms with Crippen molar-refractivity contribution in [3.8, 4) is 0 Å². The third-order valence-electron chi connectivity index (χ3n) is 3.16. The second-order valence-corrected chi connectivity index (χ2v) is 5.31. The Morgan fingerprint density at radius 1 is 1.61 bits per heavy atom. The number of ether oxygens (including phenoxy) is 1. The largest absolute Gasteiger partial charge is 0.374 e. The van der Waals surface area contributed by atoms with Crippen LogP contribution in [0.1, 0.15) is 11.6 Å². The number of hydrogen-bond donors (Lipinski definition) is 2. The molecule has 0 radical (unpaired) electrons. The van der Waals surface area contributed by atoms with Gasteiger partial charge in [-0.2, -0.15) is 0 Å². The number of nitrogens with one attached hydrogen (secondary N) is 1. The Kier molecular flexibility index (Phi) is 4.69. The molecule has 2 unspecified atom stereocenters. The summed E-state index contributed by atoms with van der Waals surface area (Å²) in [4.78, 5) is 2.15. The van der Waals surface area contributed by atoms with Crippen LogP contribution in [0.4, 0.5) is 4.39 Å². The van der Waals surface area contributed by atoms with E-state index < -0.39 is 0 Å². The van der Waals surface area contributed by atoms with E-state index in [0.717, 1.165) is 13.1 Å². The topological polar surface area (TPSA) is 50.5 Å². The van der Waals surface area contributed by atoms with Gasteiger partial charge in [0.25, 0.3) is 0 Å². The van der Waals surface area contributed by atoms with E-state index >= 15 is 0 Å². The highest BCUT2D eigenvalue weighted by atomic mass is 79.9. The normalized spacial score (nSPS) is 23.0. The van der Waals surface area contributed by atoms with Crippen molar-refractivity contribution >= 4 is 15.9 Å². The summed E-state index contributed by atoms with van der Waals surface area (Å²) < 4.78 is 20.2.